The molecule has 0 aliphatic carbocycles. The number of piperazine rings is 1. The molecule has 10 nitrogen and oxygen atoms in total. The lowest BCUT2D eigenvalue weighted by atomic mass is 10.0. The normalized spacial score (nSPS) is 14.0. The average Bonchev–Trinajstić information content (AvgIpc) is 3.40. The Kier molecular flexibility index (Phi) is 6.91. The fourth-order valence-corrected chi connectivity index (χ4v) is 5.22. The average molecular weight is 587 g/mol. The Bertz CT molecular complexity index is 1890. The predicted molar refractivity (Wildman–Crippen MR) is 156 cm³/mol. The fraction of sp³-hybridized carbons (Fsp3) is 0.258. The van der Waals surface area contributed by atoms with Crippen molar-refractivity contribution in [3.8, 4) is 16.8 Å². The molecule has 0 bridgehead atoms. The van der Waals surface area contributed by atoms with Gasteiger partial charge in [0.1, 0.15) is 23.3 Å². The van der Waals surface area contributed by atoms with E-state index in [1.54, 1.807) is 15.5 Å². The zero-order valence-electron chi connectivity index (χ0n) is 23.7. The molecule has 12 heteroatoms. The zero-order chi connectivity index (χ0) is 30.5. The van der Waals surface area contributed by atoms with Crippen LogP contribution < -0.4 is 4.90 Å². The molecule has 0 radical (unpaired) electrons. The third-order valence-electron chi connectivity index (χ3n) is 7.24. The summed E-state index contributed by atoms with van der Waals surface area (Å²) in [5.74, 6) is -3.04. The number of halogens is 2. The van der Waals surface area contributed by atoms with Crippen LogP contribution in [0.1, 0.15) is 31.1 Å². The second-order valence-corrected chi connectivity index (χ2v) is 11.2. The summed E-state index contributed by atoms with van der Waals surface area (Å²) < 4.78 is 36.0. The molecule has 0 atom stereocenters. The highest BCUT2D eigenvalue weighted by Crippen LogP contribution is 2.34. The van der Waals surface area contributed by atoms with Crippen molar-refractivity contribution < 1.29 is 28.2 Å². The van der Waals surface area contributed by atoms with E-state index >= 15 is 0 Å². The van der Waals surface area contributed by atoms with Crippen LogP contribution in [0.15, 0.2) is 61.1 Å². The Morgan fingerprint density at radius 1 is 0.977 bits per heavy atom. The van der Waals surface area contributed by atoms with E-state index in [2.05, 4.69) is 14.9 Å². The smallest absolute Gasteiger partial charge is 0.410 e. The third-order valence-corrected chi connectivity index (χ3v) is 7.24. The number of carbonyl (C=O) groups excluding carboxylic acids is 1. The zero-order valence-corrected chi connectivity index (χ0v) is 23.7. The first kappa shape index (κ1) is 28.0. The van der Waals surface area contributed by atoms with Crippen LogP contribution in [0, 0.1) is 11.8 Å². The fourth-order valence-electron chi connectivity index (χ4n) is 5.22. The summed E-state index contributed by atoms with van der Waals surface area (Å²) in [6.45, 7) is 7.43. The Balaban J connectivity index is 1.44. The van der Waals surface area contributed by atoms with Gasteiger partial charge in [0.2, 0.25) is 5.95 Å². The summed E-state index contributed by atoms with van der Waals surface area (Å²) >= 11 is 0. The molecule has 5 aromatic rings. The van der Waals surface area contributed by atoms with E-state index in [1.807, 2.05) is 51.1 Å². The number of carboxylic acids is 1. The van der Waals surface area contributed by atoms with E-state index in [0.717, 1.165) is 11.6 Å². The van der Waals surface area contributed by atoms with Crippen LogP contribution in [0.25, 0.3) is 38.8 Å². The second-order valence-electron chi connectivity index (χ2n) is 11.2. The molecule has 3 aromatic heterocycles. The number of fused-ring (bicyclic) bond motifs is 2. The molecule has 1 N–H and O–H groups in total. The van der Waals surface area contributed by atoms with E-state index in [9.17, 15) is 23.5 Å². The molecule has 0 saturated carbocycles. The minimum absolute atomic E-state index is 0.118. The Labute approximate surface area is 245 Å². The number of pyridine rings is 2. The molecule has 43 heavy (non-hydrogen) atoms. The molecule has 1 fully saturated rings. The minimum atomic E-state index is -1.28. The lowest BCUT2D eigenvalue weighted by Crippen LogP contribution is -2.50. The quantitative estimate of drug-likeness (QED) is 0.268. The molecule has 1 saturated heterocycles. The highest BCUT2D eigenvalue weighted by Gasteiger charge is 2.27. The number of ether oxygens (including phenoxy) is 1. The first-order valence-corrected chi connectivity index (χ1v) is 13.7. The lowest BCUT2D eigenvalue weighted by Gasteiger charge is -2.36. The number of imidazole rings is 1. The molecule has 0 unspecified atom stereocenters. The number of hydrogen-bond acceptors (Lipinski definition) is 7. The monoisotopic (exact) mass is 586 g/mol. The number of amides is 1. The van der Waals surface area contributed by atoms with E-state index < -0.39 is 23.3 Å². The summed E-state index contributed by atoms with van der Waals surface area (Å²) in [5.41, 5.74) is 1.27. The van der Waals surface area contributed by atoms with Gasteiger partial charge in [-0.3, -0.25) is 4.57 Å². The molecule has 6 rings (SSSR count). The molecule has 220 valence electrons. The van der Waals surface area contributed by atoms with Gasteiger partial charge in [-0.05, 0) is 50.6 Å². The summed E-state index contributed by atoms with van der Waals surface area (Å²) in [6, 6.07) is 13.6. The molecule has 0 spiro atoms. The summed E-state index contributed by atoms with van der Waals surface area (Å²) in [5, 5.41) is 10.8. The maximum Gasteiger partial charge on any atom is 0.410 e. The molecular weight excluding hydrogens is 558 g/mol. The number of rotatable bonds is 4. The van der Waals surface area contributed by atoms with Gasteiger partial charge in [0.05, 0.1) is 22.3 Å². The Morgan fingerprint density at radius 2 is 1.72 bits per heavy atom. The topological polar surface area (TPSA) is 114 Å². The molecular formula is C31H28F2N6O4. The van der Waals surface area contributed by atoms with Gasteiger partial charge >= 0.3 is 12.1 Å². The molecule has 2 aromatic carbocycles. The number of benzene rings is 2. The Morgan fingerprint density at radius 3 is 2.44 bits per heavy atom. The highest BCUT2D eigenvalue weighted by atomic mass is 19.2. The van der Waals surface area contributed by atoms with E-state index in [1.165, 1.54) is 18.5 Å². The minimum Gasteiger partial charge on any atom is -0.478 e. The van der Waals surface area contributed by atoms with Crippen LogP contribution in [0.3, 0.4) is 0 Å². The van der Waals surface area contributed by atoms with Gasteiger partial charge in [0, 0.05) is 49.4 Å². The van der Waals surface area contributed by atoms with Crippen LogP contribution in [-0.2, 0) is 4.74 Å². The molecule has 4 heterocycles. The van der Waals surface area contributed by atoms with Gasteiger partial charge < -0.3 is 19.6 Å². The van der Waals surface area contributed by atoms with Gasteiger partial charge in [-0.1, -0.05) is 18.2 Å². The number of aromatic nitrogens is 4. The molecule has 1 amide bonds. The number of carboxylic acid groups (broad SMARTS) is 1. The summed E-state index contributed by atoms with van der Waals surface area (Å²) in [6.07, 6.45) is 2.27. The maximum absolute atomic E-state index is 14.7. The van der Waals surface area contributed by atoms with Gasteiger partial charge in [0.25, 0.3) is 0 Å². The largest absolute Gasteiger partial charge is 0.478 e. The van der Waals surface area contributed by atoms with Crippen molar-refractivity contribution in [3.63, 3.8) is 0 Å². The first-order chi connectivity index (χ1) is 20.5. The van der Waals surface area contributed by atoms with Gasteiger partial charge in [-0.2, -0.15) is 4.39 Å². The number of hydrogen-bond donors (Lipinski definition) is 1. The van der Waals surface area contributed by atoms with E-state index in [4.69, 9.17) is 9.72 Å². The maximum atomic E-state index is 14.7. The summed E-state index contributed by atoms with van der Waals surface area (Å²) in [4.78, 5) is 41.2. The lowest BCUT2D eigenvalue weighted by molar-refractivity contribution is 0.0240. The summed E-state index contributed by atoms with van der Waals surface area (Å²) in [7, 11) is 0. The van der Waals surface area contributed by atoms with Crippen LogP contribution in [-0.4, -0.2) is 73.4 Å². The second kappa shape index (κ2) is 10.6. The highest BCUT2D eigenvalue weighted by molar-refractivity contribution is 6.04. The number of para-hydroxylation sites is 1. The van der Waals surface area contributed by atoms with Crippen LogP contribution in [0.5, 0.6) is 0 Å². The van der Waals surface area contributed by atoms with Crippen molar-refractivity contribution >= 4 is 39.8 Å². The van der Waals surface area contributed by atoms with Crippen molar-refractivity contribution in [2.45, 2.75) is 26.4 Å². The third kappa shape index (κ3) is 5.31. The van der Waals surface area contributed by atoms with Crippen molar-refractivity contribution in [1.29, 1.82) is 0 Å². The predicted octanol–water partition coefficient (Wildman–Crippen LogP) is 5.67. The van der Waals surface area contributed by atoms with Crippen molar-refractivity contribution in [1.82, 2.24) is 24.4 Å². The van der Waals surface area contributed by atoms with Crippen molar-refractivity contribution in [3.05, 3.63) is 78.4 Å². The molecule has 1 aliphatic rings. The van der Waals surface area contributed by atoms with Gasteiger partial charge in [-0.25, -0.2) is 28.9 Å². The number of carbonyl (C=O) groups is 2. The van der Waals surface area contributed by atoms with Crippen LogP contribution in [0.4, 0.5) is 19.4 Å². The van der Waals surface area contributed by atoms with Crippen LogP contribution in [0.2, 0.25) is 0 Å². The first-order valence-electron chi connectivity index (χ1n) is 13.7. The number of nitrogens with zero attached hydrogens (tertiary/aromatic N) is 6. The van der Waals surface area contributed by atoms with Gasteiger partial charge in [-0.15, -0.1) is 0 Å². The van der Waals surface area contributed by atoms with Crippen molar-refractivity contribution in [2.24, 2.45) is 0 Å². The SMILES string of the molecule is CC(C)(C)OC(=O)N1CCN(c2cc(-n3cnc4c(C(=O)O)cc(-c5ccnc(F)c5F)cc43)c3ccccc3n2)CC1. The van der Waals surface area contributed by atoms with Gasteiger partial charge in [0.15, 0.2) is 5.82 Å². The van der Waals surface area contributed by atoms with Crippen molar-refractivity contribution in [2.75, 3.05) is 31.1 Å². The number of anilines is 1. The Hall–Kier alpha value is -5.13. The molecule has 1 aliphatic heterocycles. The standard InChI is InChI=1S/C31H28F2N6O4/c1-31(2,3)43-30(42)38-12-10-37(11-13-38)25-16-23(20-6-4-5-7-22(20)36-25)39-17-35-27-21(29(40)41)14-18(15-24(27)39)19-8-9-34-28(33)26(19)32/h4-9,14-17H,10-13H2,1-3H3,(H,40,41). The van der Waals surface area contributed by atoms with E-state index in [-0.39, 0.29) is 28.3 Å². The van der Waals surface area contributed by atoms with E-state index in [0.29, 0.717) is 48.7 Å². The number of aromatic carboxylic acids is 1. The van der Waals surface area contributed by atoms with Crippen LogP contribution >= 0.6 is 0 Å².